The number of nitrogens with zero attached hydrogens (tertiary/aromatic N) is 4. The highest BCUT2D eigenvalue weighted by atomic mass is 19.4. The van der Waals surface area contributed by atoms with Crippen molar-refractivity contribution in [2.45, 2.75) is 25.1 Å². The Kier molecular flexibility index (Phi) is 7.13. The molecule has 0 aliphatic carbocycles. The highest BCUT2D eigenvalue weighted by Crippen LogP contribution is 2.34. The maximum Gasteiger partial charge on any atom is 0.433 e. The molecule has 1 aromatic carbocycles. The molecule has 0 bridgehead atoms. The first-order valence-corrected chi connectivity index (χ1v) is 11.9. The van der Waals surface area contributed by atoms with Crippen LogP contribution >= 0.6 is 0 Å². The summed E-state index contributed by atoms with van der Waals surface area (Å²) in [4.78, 5) is 11.4. The fourth-order valence-electron chi connectivity index (χ4n) is 3.95. The zero-order valence-electron chi connectivity index (χ0n) is 20.7. The summed E-state index contributed by atoms with van der Waals surface area (Å²) in [5, 5.41) is 23.4. The van der Waals surface area contributed by atoms with E-state index < -0.39 is 29.8 Å². The summed E-state index contributed by atoms with van der Waals surface area (Å²) >= 11 is 0. The number of nitrogens with one attached hydrogen (secondary N) is 3. The van der Waals surface area contributed by atoms with E-state index in [-0.39, 0.29) is 23.6 Å². The molecule has 0 fully saturated rings. The van der Waals surface area contributed by atoms with E-state index in [9.17, 15) is 31.4 Å². The molecule has 0 radical (unpaired) electrons. The first kappa shape index (κ1) is 27.6. The molecule has 4 heterocycles. The number of H-pyrrole nitrogens is 1. The van der Waals surface area contributed by atoms with Crippen LogP contribution in [0.2, 0.25) is 0 Å². The number of aliphatic hydroxyl groups is 1. The van der Waals surface area contributed by atoms with Crippen molar-refractivity contribution in [2.75, 3.05) is 16.4 Å². The third-order valence-electron chi connectivity index (χ3n) is 6.08. The largest absolute Gasteiger partial charge is 0.433 e. The second-order valence-corrected chi connectivity index (χ2v) is 8.92. The Morgan fingerprint density at radius 2 is 1.61 bits per heavy atom. The number of alkyl halides is 6. The molecule has 212 valence electrons. The van der Waals surface area contributed by atoms with Crippen molar-refractivity contribution in [3.63, 3.8) is 0 Å². The number of benzene rings is 1. The Balaban J connectivity index is 1.34. The van der Waals surface area contributed by atoms with E-state index in [4.69, 9.17) is 5.73 Å². The molecule has 4 aromatic heterocycles. The number of aromatic amines is 1. The van der Waals surface area contributed by atoms with Crippen LogP contribution in [0.25, 0.3) is 22.2 Å². The summed E-state index contributed by atoms with van der Waals surface area (Å²) in [6, 6.07) is 11.5. The Hall–Kier alpha value is -4.92. The third-order valence-corrected chi connectivity index (χ3v) is 6.08. The van der Waals surface area contributed by atoms with Crippen molar-refractivity contribution < 1.29 is 31.4 Å². The quantitative estimate of drug-likeness (QED) is 0.122. The number of nitrogen functional groups attached to an aromatic ring is 1. The van der Waals surface area contributed by atoms with E-state index in [0.29, 0.717) is 35.2 Å². The monoisotopic (exact) mass is 574 g/mol. The lowest BCUT2D eigenvalue weighted by Crippen LogP contribution is -2.17. The lowest BCUT2D eigenvalue weighted by molar-refractivity contribution is -0.141. The van der Waals surface area contributed by atoms with Crippen molar-refractivity contribution >= 4 is 28.4 Å². The smallest absolute Gasteiger partial charge is 0.384 e. The number of aromatic nitrogens is 5. The molecule has 1 atom stereocenters. The van der Waals surface area contributed by atoms with Gasteiger partial charge in [-0.3, -0.25) is 5.10 Å². The molecule has 0 saturated heterocycles. The minimum absolute atomic E-state index is 0.0469. The molecule has 9 nitrogen and oxygen atoms in total. The van der Waals surface area contributed by atoms with Gasteiger partial charge in [-0.2, -0.15) is 31.4 Å². The third kappa shape index (κ3) is 6.14. The number of rotatable bonds is 7. The molecule has 15 heteroatoms. The molecule has 1 unspecified atom stereocenters. The predicted octanol–water partition coefficient (Wildman–Crippen LogP) is 5.75. The second-order valence-electron chi connectivity index (χ2n) is 8.92. The number of nitrogens with two attached hydrogens (primary N) is 1. The number of hydrogen-bond donors (Lipinski definition) is 5. The van der Waals surface area contributed by atoms with Gasteiger partial charge in [0.1, 0.15) is 17.3 Å². The Morgan fingerprint density at radius 1 is 0.854 bits per heavy atom. The van der Waals surface area contributed by atoms with E-state index in [1.165, 1.54) is 0 Å². The van der Waals surface area contributed by atoms with E-state index in [1.54, 1.807) is 18.3 Å². The van der Waals surface area contributed by atoms with Gasteiger partial charge in [0, 0.05) is 30.1 Å². The van der Waals surface area contributed by atoms with E-state index >= 15 is 0 Å². The normalized spacial score (nSPS) is 12.9. The summed E-state index contributed by atoms with van der Waals surface area (Å²) in [5.74, 6) is 0.327. The molecule has 0 saturated carbocycles. The maximum absolute atomic E-state index is 13.4. The van der Waals surface area contributed by atoms with Crippen LogP contribution in [0.5, 0.6) is 0 Å². The molecule has 5 aromatic rings. The van der Waals surface area contributed by atoms with Crippen LogP contribution in [0.4, 0.5) is 43.7 Å². The summed E-state index contributed by atoms with van der Waals surface area (Å²) in [6.07, 6.45) is -8.09. The summed E-state index contributed by atoms with van der Waals surface area (Å²) in [6.45, 7) is 0.131. The molecule has 0 amide bonds. The lowest BCUT2D eigenvalue weighted by atomic mass is 10.0. The number of aliphatic hydroxyl groups excluding tert-OH is 1. The Bertz CT molecular complexity index is 1670. The SMILES string of the molecule is Nc1[nH]nc2ncc(-c3ccc(CNc4ncc(C(F)(F)F)cc4C(O)Nc4ccc(C(F)(F)F)nc4)cc3)cc12. The van der Waals surface area contributed by atoms with Crippen molar-refractivity contribution in [3.8, 4) is 11.1 Å². The summed E-state index contributed by atoms with van der Waals surface area (Å²) < 4.78 is 78.5. The van der Waals surface area contributed by atoms with Crippen LogP contribution in [0.1, 0.15) is 28.6 Å². The molecular weight excluding hydrogens is 554 g/mol. The van der Waals surface area contributed by atoms with Gasteiger partial charge in [-0.1, -0.05) is 24.3 Å². The van der Waals surface area contributed by atoms with Crippen LogP contribution in [0.3, 0.4) is 0 Å². The van der Waals surface area contributed by atoms with Gasteiger partial charge in [0.15, 0.2) is 11.9 Å². The second kappa shape index (κ2) is 10.6. The summed E-state index contributed by atoms with van der Waals surface area (Å²) in [7, 11) is 0. The van der Waals surface area contributed by atoms with Crippen LogP contribution in [0, 0.1) is 0 Å². The van der Waals surface area contributed by atoms with Gasteiger partial charge in [0.25, 0.3) is 0 Å². The zero-order chi connectivity index (χ0) is 29.4. The van der Waals surface area contributed by atoms with Gasteiger partial charge in [-0.15, -0.1) is 0 Å². The van der Waals surface area contributed by atoms with E-state index in [2.05, 4.69) is 35.8 Å². The van der Waals surface area contributed by atoms with Gasteiger partial charge >= 0.3 is 12.4 Å². The van der Waals surface area contributed by atoms with Crippen molar-refractivity contribution in [3.05, 3.63) is 89.5 Å². The molecular formula is C26H20F6N8O. The fourth-order valence-corrected chi connectivity index (χ4v) is 3.95. The van der Waals surface area contributed by atoms with Crippen LogP contribution in [0.15, 0.2) is 67.1 Å². The van der Waals surface area contributed by atoms with Gasteiger partial charge in [0.05, 0.1) is 22.8 Å². The van der Waals surface area contributed by atoms with E-state index in [1.807, 2.05) is 18.2 Å². The summed E-state index contributed by atoms with van der Waals surface area (Å²) in [5.41, 5.74) is 6.14. The number of hydrogen-bond acceptors (Lipinski definition) is 8. The minimum Gasteiger partial charge on any atom is -0.384 e. The fraction of sp³-hybridized carbons (Fsp3) is 0.154. The number of fused-ring (bicyclic) bond motifs is 1. The van der Waals surface area contributed by atoms with Crippen LogP contribution in [-0.4, -0.2) is 30.3 Å². The van der Waals surface area contributed by atoms with E-state index in [0.717, 1.165) is 29.0 Å². The minimum atomic E-state index is -4.75. The van der Waals surface area contributed by atoms with Crippen LogP contribution < -0.4 is 16.4 Å². The molecule has 5 rings (SSSR count). The number of halogens is 6. The first-order valence-electron chi connectivity index (χ1n) is 11.9. The van der Waals surface area contributed by atoms with Crippen molar-refractivity contribution in [1.29, 1.82) is 0 Å². The lowest BCUT2D eigenvalue weighted by Gasteiger charge is -2.20. The van der Waals surface area contributed by atoms with Gasteiger partial charge in [-0.25, -0.2) is 15.0 Å². The first-order chi connectivity index (χ1) is 19.4. The molecule has 0 aliphatic heterocycles. The van der Waals surface area contributed by atoms with Gasteiger partial charge in [-0.05, 0) is 35.4 Å². The number of anilines is 3. The molecule has 6 N–H and O–H groups in total. The van der Waals surface area contributed by atoms with Crippen molar-refractivity contribution in [1.82, 2.24) is 25.1 Å². The maximum atomic E-state index is 13.4. The highest BCUT2D eigenvalue weighted by Gasteiger charge is 2.33. The average molecular weight is 574 g/mol. The van der Waals surface area contributed by atoms with Crippen molar-refractivity contribution in [2.24, 2.45) is 0 Å². The zero-order valence-corrected chi connectivity index (χ0v) is 20.7. The predicted molar refractivity (Wildman–Crippen MR) is 138 cm³/mol. The highest BCUT2D eigenvalue weighted by molar-refractivity contribution is 5.89. The molecule has 41 heavy (non-hydrogen) atoms. The Labute approximate surface area is 227 Å². The van der Waals surface area contributed by atoms with Gasteiger partial charge < -0.3 is 21.5 Å². The van der Waals surface area contributed by atoms with Crippen LogP contribution in [-0.2, 0) is 18.9 Å². The molecule has 0 aliphatic rings. The van der Waals surface area contributed by atoms with Gasteiger partial charge in [0.2, 0.25) is 0 Å². The number of pyridine rings is 3. The topological polar surface area (TPSA) is 138 Å². The average Bonchev–Trinajstić information content (AvgIpc) is 3.31. The molecule has 0 spiro atoms. The standard InChI is InChI=1S/C26H20F6N8O/c27-25(28,29)16-8-19(24(41)38-17-5-6-20(34-12-17)26(30,31)32)22(37-11-16)35-9-13-1-3-14(4-2-13)15-7-18-21(33)39-40-23(18)36-10-15/h1-8,10-12,24,38,41H,9H2,(H,35,37)(H3,33,36,39,40). The Morgan fingerprint density at radius 3 is 2.27 bits per heavy atom.